The van der Waals surface area contributed by atoms with Gasteiger partial charge in [0.2, 0.25) is 0 Å². The highest BCUT2D eigenvalue weighted by atomic mass is 79.9. The van der Waals surface area contributed by atoms with Gasteiger partial charge in [-0.05, 0) is 31.0 Å². The third-order valence-corrected chi connectivity index (χ3v) is 4.15. The van der Waals surface area contributed by atoms with Gasteiger partial charge >= 0.3 is 0 Å². The largest absolute Gasteiger partial charge is 0.497 e. The van der Waals surface area contributed by atoms with E-state index in [9.17, 15) is 0 Å². The fraction of sp³-hybridized carbons (Fsp3) is 0.538. The van der Waals surface area contributed by atoms with Crippen molar-refractivity contribution in [1.29, 1.82) is 0 Å². The Hall–Kier alpha value is -0.580. The Morgan fingerprint density at radius 1 is 1.53 bits per heavy atom. The molecule has 1 fully saturated rings. The first-order valence-electron chi connectivity index (χ1n) is 5.84. The summed E-state index contributed by atoms with van der Waals surface area (Å²) in [6.07, 6.45) is 1.26. The third-order valence-electron chi connectivity index (χ3n) is 3.46. The summed E-state index contributed by atoms with van der Waals surface area (Å²) in [6.45, 7) is 2.91. The van der Waals surface area contributed by atoms with Crippen LogP contribution in [0.3, 0.4) is 0 Å². The molecule has 1 saturated heterocycles. The van der Waals surface area contributed by atoms with Crippen molar-refractivity contribution < 1.29 is 9.47 Å². The van der Waals surface area contributed by atoms with E-state index in [0.717, 1.165) is 28.8 Å². The Morgan fingerprint density at radius 3 is 2.82 bits per heavy atom. The van der Waals surface area contributed by atoms with E-state index in [1.807, 2.05) is 18.2 Å². The van der Waals surface area contributed by atoms with E-state index in [4.69, 9.17) is 15.2 Å². The molecule has 0 bridgehead atoms. The summed E-state index contributed by atoms with van der Waals surface area (Å²) in [4.78, 5) is 0. The fourth-order valence-electron chi connectivity index (χ4n) is 2.36. The molecule has 1 heterocycles. The Balaban J connectivity index is 2.21. The molecule has 0 radical (unpaired) electrons. The van der Waals surface area contributed by atoms with Crippen molar-refractivity contribution in [3.05, 3.63) is 28.2 Å². The number of hydrogen-bond acceptors (Lipinski definition) is 3. The summed E-state index contributed by atoms with van der Waals surface area (Å²) in [7, 11) is 1.66. The van der Waals surface area contributed by atoms with E-state index >= 15 is 0 Å². The molecule has 3 unspecified atom stereocenters. The highest BCUT2D eigenvalue weighted by Crippen LogP contribution is 2.35. The van der Waals surface area contributed by atoms with Gasteiger partial charge in [0, 0.05) is 23.0 Å². The van der Waals surface area contributed by atoms with Gasteiger partial charge in [-0.2, -0.15) is 0 Å². The fourth-order valence-corrected chi connectivity index (χ4v) is 2.98. The average molecular weight is 300 g/mol. The molecule has 0 aromatic heterocycles. The molecule has 94 valence electrons. The molecule has 17 heavy (non-hydrogen) atoms. The first-order chi connectivity index (χ1) is 8.13. The van der Waals surface area contributed by atoms with E-state index in [0.29, 0.717) is 5.92 Å². The third kappa shape index (κ3) is 2.64. The molecule has 2 rings (SSSR count). The van der Waals surface area contributed by atoms with E-state index in [1.165, 1.54) is 0 Å². The lowest BCUT2D eigenvalue weighted by Crippen LogP contribution is -2.26. The first kappa shape index (κ1) is 12.9. The van der Waals surface area contributed by atoms with Gasteiger partial charge in [-0.25, -0.2) is 0 Å². The molecule has 1 aromatic rings. The predicted molar refractivity (Wildman–Crippen MR) is 71.1 cm³/mol. The molecule has 0 aliphatic carbocycles. The normalized spacial score (nSPS) is 25.9. The van der Waals surface area contributed by atoms with E-state index < -0.39 is 0 Å². The number of nitrogens with two attached hydrogens (primary N) is 1. The van der Waals surface area contributed by atoms with Crippen molar-refractivity contribution in [2.75, 3.05) is 13.7 Å². The van der Waals surface area contributed by atoms with Crippen molar-refractivity contribution in [3.63, 3.8) is 0 Å². The number of rotatable bonds is 3. The zero-order valence-corrected chi connectivity index (χ0v) is 11.7. The summed E-state index contributed by atoms with van der Waals surface area (Å²) in [6, 6.07) is 5.93. The molecule has 3 atom stereocenters. The van der Waals surface area contributed by atoms with Crippen LogP contribution >= 0.6 is 15.9 Å². The summed E-state index contributed by atoms with van der Waals surface area (Å²) in [5.74, 6) is 1.23. The molecule has 0 saturated carbocycles. The molecule has 1 aliphatic rings. The maximum atomic E-state index is 6.33. The molecule has 0 spiro atoms. The number of methoxy groups -OCH3 is 1. The number of halogens is 1. The summed E-state index contributed by atoms with van der Waals surface area (Å²) >= 11 is 3.55. The second kappa shape index (κ2) is 5.38. The van der Waals surface area contributed by atoms with Crippen molar-refractivity contribution in [3.8, 4) is 5.75 Å². The molecule has 0 amide bonds. The maximum Gasteiger partial charge on any atom is 0.120 e. The van der Waals surface area contributed by atoms with Gasteiger partial charge in [0.05, 0.1) is 13.2 Å². The number of benzene rings is 1. The van der Waals surface area contributed by atoms with Gasteiger partial charge in [0.1, 0.15) is 5.75 Å². The highest BCUT2D eigenvalue weighted by molar-refractivity contribution is 9.10. The number of hydrogen-bond donors (Lipinski definition) is 1. The molecule has 1 aliphatic heterocycles. The van der Waals surface area contributed by atoms with Gasteiger partial charge in [-0.15, -0.1) is 0 Å². The van der Waals surface area contributed by atoms with Gasteiger partial charge in [0.15, 0.2) is 0 Å². The quantitative estimate of drug-likeness (QED) is 0.933. The minimum Gasteiger partial charge on any atom is -0.497 e. The monoisotopic (exact) mass is 299 g/mol. The van der Waals surface area contributed by atoms with Crippen molar-refractivity contribution >= 4 is 15.9 Å². The van der Waals surface area contributed by atoms with Gasteiger partial charge in [-0.1, -0.05) is 22.0 Å². The van der Waals surface area contributed by atoms with Gasteiger partial charge in [0.25, 0.3) is 0 Å². The zero-order chi connectivity index (χ0) is 12.4. The predicted octanol–water partition coefficient (Wildman–Crippen LogP) is 2.88. The molecular weight excluding hydrogens is 282 g/mol. The van der Waals surface area contributed by atoms with Crippen LogP contribution < -0.4 is 10.5 Å². The summed E-state index contributed by atoms with van der Waals surface area (Å²) < 4.78 is 11.8. The molecular formula is C13H18BrNO2. The summed E-state index contributed by atoms with van der Waals surface area (Å²) in [5.41, 5.74) is 7.45. The maximum absolute atomic E-state index is 6.33. The topological polar surface area (TPSA) is 44.5 Å². The van der Waals surface area contributed by atoms with Gasteiger partial charge < -0.3 is 15.2 Å². The van der Waals surface area contributed by atoms with Crippen LogP contribution in [0.1, 0.15) is 24.9 Å². The Kier molecular flexibility index (Phi) is 4.07. The van der Waals surface area contributed by atoms with Gasteiger partial charge in [-0.3, -0.25) is 0 Å². The Bertz CT molecular complexity index is 397. The van der Waals surface area contributed by atoms with Crippen LogP contribution in [0, 0.1) is 5.92 Å². The van der Waals surface area contributed by atoms with Crippen molar-refractivity contribution in [2.45, 2.75) is 25.5 Å². The minimum absolute atomic E-state index is 0.00720. The van der Waals surface area contributed by atoms with E-state index in [2.05, 4.69) is 22.9 Å². The number of ether oxygens (including phenoxy) is 2. The van der Waals surface area contributed by atoms with Crippen LogP contribution in [0.2, 0.25) is 0 Å². The molecule has 3 nitrogen and oxygen atoms in total. The highest BCUT2D eigenvalue weighted by Gasteiger charge is 2.31. The van der Waals surface area contributed by atoms with Crippen LogP contribution in [-0.2, 0) is 4.74 Å². The SMILES string of the molecule is COc1ccc(C(N)C2CCOC2C)c(Br)c1. The van der Waals surface area contributed by atoms with E-state index in [-0.39, 0.29) is 12.1 Å². The molecule has 1 aromatic carbocycles. The molecule has 2 N–H and O–H groups in total. The Morgan fingerprint density at radius 2 is 2.29 bits per heavy atom. The van der Waals surface area contributed by atoms with Crippen LogP contribution in [0.25, 0.3) is 0 Å². The molecule has 4 heteroatoms. The minimum atomic E-state index is 0.00720. The summed E-state index contributed by atoms with van der Waals surface area (Å²) in [5, 5.41) is 0. The lowest BCUT2D eigenvalue weighted by molar-refractivity contribution is 0.0994. The van der Waals surface area contributed by atoms with Crippen LogP contribution in [0.5, 0.6) is 5.75 Å². The second-order valence-electron chi connectivity index (χ2n) is 4.44. The smallest absolute Gasteiger partial charge is 0.120 e. The van der Waals surface area contributed by atoms with Crippen LogP contribution in [-0.4, -0.2) is 19.8 Å². The average Bonchev–Trinajstić information content (AvgIpc) is 2.74. The van der Waals surface area contributed by atoms with Crippen molar-refractivity contribution in [1.82, 2.24) is 0 Å². The van der Waals surface area contributed by atoms with Crippen LogP contribution in [0.15, 0.2) is 22.7 Å². The van der Waals surface area contributed by atoms with Crippen molar-refractivity contribution in [2.24, 2.45) is 11.7 Å². The van der Waals surface area contributed by atoms with E-state index in [1.54, 1.807) is 7.11 Å². The second-order valence-corrected chi connectivity index (χ2v) is 5.30. The Labute approximate surface area is 110 Å². The lowest BCUT2D eigenvalue weighted by Gasteiger charge is -2.23. The first-order valence-corrected chi connectivity index (χ1v) is 6.63. The zero-order valence-electron chi connectivity index (χ0n) is 10.2. The standard InChI is InChI=1S/C13H18BrNO2/c1-8-10(5-6-17-8)13(15)11-4-3-9(16-2)7-12(11)14/h3-4,7-8,10,13H,5-6,15H2,1-2H3. The lowest BCUT2D eigenvalue weighted by atomic mass is 9.89. The van der Waals surface area contributed by atoms with Crippen LogP contribution in [0.4, 0.5) is 0 Å².